The lowest BCUT2D eigenvalue weighted by atomic mass is 10.2. The normalized spacial score (nSPS) is 13.3. The number of aromatic nitrogens is 2. The second kappa shape index (κ2) is 3.28. The molecule has 1 aliphatic heterocycles. The zero-order valence-corrected chi connectivity index (χ0v) is 8.27. The Bertz CT molecular complexity index is 497. The number of fused-ring (bicyclic) bond motifs is 1. The number of H-pyrrole nitrogens is 1. The average Bonchev–Trinajstić information content (AvgIpc) is 2.74. The van der Waals surface area contributed by atoms with Crippen LogP contribution in [0.5, 0.6) is 0 Å². The molecule has 0 spiro atoms. The Morgan fingerprint density at radius 2 is 2.00 bits per heavy atom. The number of nitrogens with one attached hydrogen (secondary N) is 2. The van der Waals surface area contributed by atoms with Gasteiger partial charge in [-0.3, -0.25) is 0 Å². The Balaban J connectivity index is 2.15. The summed E-state index contributed by atoms with van der Waals surface area (Å²) in [5.74, 6) is 0. The van der Waals surface area contributed by atoms with E-state index in [9.17, 15) is 0 Å². The van der Waals surface area contributed by atoms with Gasteiger partial charge in [0.15, 0.2) is 11.4 Å². The van der Waals surface area contributed by atoms with Crippen LogP contribution in [-0.2, 0) is 6.54 Å². The molecule has 2 heterocycles. The van der Waals surface area contributed by atoms with Crippen molar-refractivity contribution < 1.29 is 4.57 Å². The van der Waals surface area contributed by atoms with Crippen LogP contribution in [0.1, 0.15) is 11.4 Å². The molecule has 74 valence electrons. The highest BCUT2D eigenvalue weighted by Gasteiger charge is 2.18. The first kappa shape index (κ1) is 8.29. The monoisotopic (exact) mass is 198 g/mol. The van der Waals surface area contributed by atoms with Crippen LogP contribution < -0.4 is 9.88 Å². The Morgan fingerprint density at radius 1 is 1.13 bits per heavy atom. The smallest absolute Gasteiger partial charge is 0.247 e. The highest BCUT2D eigenvalue weighted by Crippen LogP contribution is 2.10. The van der Waals surface area contributed by atoms with Gasteiger partial charge >= 0.3 is 0 Å². The van der Waals surface area contributed by atoms with Crippen LogP contribution in [0.2, 0.25) is 0 Å². The lowest BCUT2D eigenvalue weighted by Crippen LogP contribution is -2.32. The SMILES string of the molecule is C1=Cc2c([nH]c[n+]2-c2ccccc2)CN1. The second-order valence-electron chi connectivity index (χ2n) is 3.56. The van der Waals surface area contributed by atoms with Crippen molar-refractivity contribution in [1.82, 2.24) is 10.3 Å². The highest BCUT2D eigenvalue weighted by atomic mass is 15.1. The van der Waals surface area contributed by atoms with E-state index in [-0.39, 0.29) is 0 Å². The van der Waals surface area contributed by atoms with Gasteiger partial charge in [0.2, 0.25) is 6.33 Å². The van der Waals surface area contributed by atoms with E-state index in [4.69, 9.17) is 0 Å². The van der Waals surface area contributed by atoms with Crippen LogP contribution in [0.4, 0.5) is 0 Å². The quantitative estimate of drug-likeness (QED) is 0.666. The number of aromatic amines is 1. The van der Waals surface area contributed by atoms with Gasteiger partial charge in [0, 0.05) is 12.3 Å². The second-order valence-corrected chi connectivity index (χ2v) is 3.56. The maximum atomic E-state index is 3.27. The van der Waals surface area contributed by atoms with E-state index in [1.807, 2.05) is 30.7 Å². The fraction of sp³-hybridized carbons (Fsp3) is 0.0833. The summed E-state index contributed by atoms with van der Waals surface area (Å²) in [6.07, 6.45) is 6.06. The Hall–Kier alpha value is -2.03. The molecule has 0 amide bonds. The third kappa shape index (κ3) is 1.32. The molecule has 0 atom stereocenters. The van der Waals surface area contributed by atoms with Crippen molar-refractivity contribution in [3.05, 3.63) is 54.2 Å². The number of rotatable bonds is 1. The fourth-order valence-electron chi connectivity index (χ4n) is 1.85. The van der Waals surface area contributed by atoms with E-state index >= 15 is 0 Å². The predicted molar refractivity (Wildman–Crippen MR) is 58.2 cm³/mol. The number of para-hydroxylation sites is 1. The van der Waals surface area contributed by atoms with E-state index < -0.39 is 0 Å². The molecule has 2 N–H and O–H groups in total. The highest BCUT2D eigenvalue weighted by molar-refractivity contribution is 5.47. The van der Waals surface area contributed by atoms with Gasteiger partial charge < -0.3 is 5.32 Å². The fourth-order valence-corrected chi connectivity index (χ4v) is 1.85. The topological polar surface area (TPSA) is 31.7 Å². The van der Waals surface area contributed by atoms with Crippen LogP contribution in [-0.4, -0.2) is 4.98 Å². The molecule has 3 heteroatoms. The van der Waals surface area contributed by atoms with Crippen molar-refractivity contribution in [2.45, 2.75) is 6.54 Å². The molecule has 1 aromatic carbocycles. The molecular formula is C12H12N3+. The average molecular weight is 198 g/mol. The molecule has 2 aromatic rings. The van der Waals surface area contributed by atoms with Gasteiger partial charge in [-0.05, 0) is 12.1 Å². The first-order valence-corrected chi connectivity index (χ1v) is 5.02. The summed E-state index contributed by atoms with van der Waals surface area (Å²) in [6.45, 7) is 0.867. The zero-order valence-electron chi connectivity index (χ0n) is 8.27. The molecule has 0 unspecified atom stereocenters. The third-order valence-electron chi connectivity index (χ3n) is 2.61. The van der Waals surface area contributed by atoms with E-state index in [1.54, 1.807) is 0 Å². The van der Waals surface area contributed by atoms with Crippen LogP contribution in [0.3, 0.4) is 0 Å². The van der Waals surface area contributed by atoms with Crippen LogP contribution in [0.25, 0.3) is 11.8 Å². The van der Waals surface area contributed by atoms with Gasteiger partial charge in [0.25, 0.3) is 0 Å². The number of hydrogen-bond donors (Lipinski definition) is 2. The summed E-state index contributed by atoms with van der Waals surface area (Å²) >= 11 is 0. The molecule has 1 aliphatic rings. The predicted octanol–water partition coefficient (Wildman–Crippen LogP) is 1.37. The minimum atomic E-state index is 0.867. The summed E-state index contributed by atoms with van der Waals surface area (Å²) in [7, 11) is 0. The molecule has 0 radical (unpaired) electrons. The van der Waals surface area contributed by atoms with E-state index in [0.29, 0.717) is 0 Å². The van der Waals surface area contributed by atoms with Crippen molar-refractivity contribution in [2.75, 3.05) is 0 Å². The summed E-state index contributed by atoms with van der Waals surface area (Å²) < 4.78 is 2.16. The standard InChI is InChI=1S/C12H11N3/c1-2-4-10(5-3-1)15-9-14-11-8-13-7-6-12(11)15/h1-7,9,13H,8H2/p+1. The lowest BCUT2D eigenvalue weighted by molar-refractivity contribution is -0.596. The van der Waals surface area contributed by atoms with Gasteiger partial charge in [0.1, 0.15) is 5.69 Å². The molecule has 3 nitrogen and oxygen atoms in total. The summed E-state index contributed by atoms with van der Waals surface area (Å²) in [6, 6.07) is 10.3. The largest absolute Gasteiger partial charge is 0.383 e. The molecule has 3 rings (SSSR count). The molecule has 0 saturated heterocycles. The molecule has 0 aliphatic carbocycles. The molecule has 15 heavy (non-hydrogen) atoms. The molecule has 0 saturated carbocycles. The Morgan fingerprint density at radius 3 is 2.87 bits per heavy atom. The van der Waals surface area contributed by atoms with Crippen molar-refractivity contribution in [3.63, 3.8) is 0 Å². The van der Waals surface area contributed by atoms with Crippen molar-refractivity contribution >= 4 is 6.08 Å². The molecule has 0 bridgehead atoms. The minimum absolute atomic E-state index is 0.867. The van der Waals surface area contributed by atoms with Crippen molar-refractivity contribution in [1.29, 1.82) is 0 Å². The first-order chi connectivity index (χ1) is 7.45. The number of benzene rings is 1. The first-order valence-electron chi connectivity index (χ1n) is 5.02. The maximum absolute atomic E-state index is 3.27. The van der Waals surface area contributed by atoms with Crippen LogP contribution >= 0.6 is 0 Å². The van der Waals surface area contributed by atoms with Crippen LogP contribution in [0.15, 0.2) is 42.9 Å². The summed E-state index contributed by atoms with van der Waals surface area (Å²) in [5.41, 5.74) is 3.63. The van der Waals surface area contributed by atoms with Gasteiger partial charge in [-0.1, -0.05) is 18.2 Å². The van der Waals surface area contributed by atoms with E-state index in [0.717, 1.165) is 6.54 Å². The molecular weight excluding hydrogens is 186 g/mol. The Kier molecular flexibility index (Phi) is 1.81. The maximum Gasteiger partial charge on any atom is 0.247 e. The van der Waals surface area contributed by atoms with Gasteiger partial charge in [-0.25, -0.2) is 4.98 Å². The summed E-state index contributed by atoms with van der Waals surface area (Å²) in [4.78, 5) is 3.27. The third-order valence-corrected chi connectivity index (χ3v) is 2.61. The van der Waals surface area contributed by atoms with Gasteiger partial charge in [-0.15, -0.1) is 0 Å². The lowest BCUT2D eigenvalue weighted by Gasteiger charge is -2.04. The zero-order chi connectivity index (χ0) is 10.1. The van der Waals surface area contributed by atoms with Crippen LogP contribution in [0, 0.1) is 0 Å². The van der Waals surface area contributed by atoms with Crippen molar-refractivity contribution in [2.24, 2.45) is 0 Å². The van der Waals surface area contributed by atoms with Crippen molar-refractivity contribution in [3.8, 4) is 5.69 Å². The van der Waals surface area contributed by atoms with E-state index in [1.165, 1.54) is 17.1 Å². The number of hydrogen-bond acceptors (Lipinski definition) is 1. The van der Waals surface area contributed by atoms with Gasteiger partial charge in [-0.2, -0.15) is 4.57 Å². The molecule has 1 aromatic heterocycles. The van der Waals surface area contributed by atoms with E-state index in [2.05, 4.69) is 33.1 Å². The minimum Gasteiger partial charge on any atom is -0.383 e. The van der Waals surface area contributed by atoms with Gasteiger partial charge in [0.05, 0.1) is 6.54 Å². The number of imidazole rings is 1. The molecule has 0 fully saturated rings. The Labute approximate surface area is 88.1 Å². The number of nitrogens with zero attached hydrogens (tertiary/aromatic N) is 1. The summed E-state index contributed by atoms with van der Waals surface area (Å²) in [5, 5.41) is 3.18.